The zero-order chi connectivity index (χ0) is 42.2. The number of hydrogen-bond donors (Lipinski definition) is 0. The average molecular weight is 881 g/mol. The molecule has 2 atom stereocenters. The maximum Gasteiger partial charge on any atom is 0.513 e. The Morgan fingerprint density at radius 3 is 0.929 bits per heavy atom. The van der Waals surface area contributed by atoms with Gasteiger partial charge in [0.05, 0.1) is 65.1 Å². The summed E-state index contributed by atoms with van der Waals surface area (Å²) in [5.74, 6) is 1.28. The normalized spacial score (nSPS) is 15.5. The SMILES string of the molecule is CC(C)(C)O[Si](OC(C)(C)C)(OC(C)(C)C)C(CSSCC(c1nc2ccccc2s1)[Si](OC(C)(C)C)(OC(C)(C)C)OC(C)(C)C)c1nc2ccccc2s1. The number of para-hydroxylation sites is 2. The molecule has 0 fully saturated rings. The summed E-state index contributed by atoms with van der Waals surface area (Å²) in [6, 6.07) is 16.6. The first-order valence-corrected chi connectivity index (χ1v) is 27.3. The first-order valence-electron chi connectivity index (χ1n) is 19.5. The van der Waals surface area contributed by atoms with Gasteiger partial charge in [0, 0.05) is 11.5 Å². The van der Waals surface area contributed by atoms with Crippen LogP contribution in [0.4, 0.5) is 0 Å². The number of fused-ring (bicyclic) bond motifs is 2. The van der Waals surface area contributed by atoms with E-state index in [1.807, 2.05) is 12.1 Å². The summed E-state index contributed by atoms with van der Waals surface area (Å²) in [6.07, 6.45) is 0. The largest absolute Gasteiger partial charge is 0.513 e. The third-order valence-electron chi connectivity index (χ3n) is 7.31. The molecule has 314 valence electrons. The van der Waals surface area contributed by atoms with E-state index in [1.54, 1.807) is 44.3 Å². The Bertz CT molecular complexity index is 1590. The fraction of sp³-hybridized carbons (Fsp3) is 0.667. The van der Waals surface area contributed by atoms with Gasteiger partial charge in [0.25, 0.3) is 0 Å². The Hall–Kier alpha value is -0.886. The molecule has 0 saturated carbocycles. The lowest BCUT2D eigenvalue weighted by molar-refractivity contribution is -0.0816. The van der Waals surface area contributed by atoms with Gasteiger partial charge in [-0.3, -0.25) is 0 Å². The lowest BCUT2D eigenvalue weighted by Gasteiger charge is -2.46. The maximum atomic E-state index is 7.17. The van der Waals surface area contributed by atoms with Crippen LogP contribution in [0.2, 0.25) is 0 Å². The number of aromatic nitrogens is 2. The number of benzene rings is 2. The van der Waals surface area contributed by atoms with Crippen molar-refractivity contribution in [2.24, 2.45) is 0 Å². The van der Waals surface area contributed by atoms with Crippen LogP contribution < -0.4 is 0 Å². The Kier molecular flexibility index (Phi) is 15.0. The van der Waals surface area contributed by atoms with E-state index in [9.17, 15) is 0 Å². The maximum absolute atomic E-state index is 7.17. The van der Waals surface area contributed by atoms with Crippen LogP contribution in [0.5, 0.6) is 0 Å². The molecule has 2 aromatic carbocycles. The molecular weight excluding hydrogens is 813 g/mol. The fourth-order valence-electron chi connectivity index (χ4n) is 6.07. The van der Waals surface area contributed by atoms with Gasteiger partial charge in [0.2, 0.25) is 0 Å². The lowest BCUT2D eigenvalue weighted by atomic mass is 10.2. The molecule has 2 heterocycles. The van der Waals surface area contributed by atoms with Crippen LogP contribution in [0.15, 0.2) is 48.5 Å². The second-order valence-corrected chi connectivity index (χ2v) is 29.9. The van der Waals surface area contributed by atoms with Gasteiger partial charge in [-0.05, 0) is 149 Å². The summed E-state index contributed by atoms with van der Waals surface area (Å²) in [6.45, 7) is 37.4. The smallest absolute Gasteiger partial charge is 0.368 e. The molecule has 0 spiro atoms. The van der Waals surface area contributed by atoms with Gasteiger partial charge >= 0.3 is 17.6 Å². The van der Waals surface area contributed by atoms with E-state index < -0.39 is 51.2 Å². The molecule has 8 nitrogen and oxygen atoms in total. The van der Waals surface area contributed by atoms with Crippen molar-refractivity contribution in [1.29, 1.82) is 0 Å². The van der Waals surface area contributed by atoms with E-state index in [-0.39, 0.29) is 11.1 Å². The molecule has 4 aromatic rings. The second-order valence-electron chi connectivity index (χ2n) is 20.2. The molecule has 56 heavy (non-hydrogen) atoms. The molecule has 14 heteroatoms. The second kappa shape index (κ2) is 17.6. The highest BCUT2D eigenvalue weighted by atomic mass is 33.1. The summed E-state index contributed by atoms with van der Waals surface area (Å²) in [5.41, 5.74) is -1.87. The van der Waals surface area contributed by atoms with Gasteiger partial charge in [-0.25, -0.2) is 9.97 Å². The van der Waals surface area contributed by atoms with E-state index in [0.29, 0.717) is 11.5 Å². The Morgan fingerprint density at radius 2 is 0.696 bits per heavy atom. The quantitative estimate of drug-likeness (QED) is 0.0654. The van der Waals surface area contributed by atoms with Crippen LogP contribution in [0.3, 0.4) is 0 Å². The summed E-state index contributed by atoms with van der Waals surface area (Å²) < 4.78 is 45.3. The fourth-order valence-corrected chi connectivity index (χ4v) is 21.4. The molecule has 0 aliphatic rings. The third kappa shape index (κ3) is 14.4. The van der Waals surface area contributed by atoms with Crippen LogP contribution in [-0.4, -0.2) is 72.7 Å². The first kappa shape index (κ1) is 47.8. The molecule has 2 aromatic heterocycles. The average Bonchev–Trinajstić information content (AvgIpc) is 3.57. The number of rotatable bonds is 15. The molecule has 4 rings (SSSR count). The predicted molar refractivity (Wildman–Crippen MR) is 246 cm³/mol. The highest BCUT2D eigenvalue weighted by molar-refractivity contribution is 8.76. The van der Waals surface area contributed by atoms with Crippen molar-refractivity contribution in [2.45, 2.75) is 169 Å². The minimum atomic E-state index is -3.59. The minimum absolute atomic E-state index is 0.263. The Labute approximate surface area is 356 Å². The van der Waals surface area contributed by atoms with Crippen molar-refractivity contribution in [3.8, 4) is 0 Å². The van der Waals surface area contributed by atoms with Crippen molar-refractivity contribution in [3.63, 3.8) is 0 Å². The Morgan fingerprint density at radius 1 is 0.446 bits per heavy atom. The predicted octanol–water partition coefficient (Wildman–Crippen LogP) is 13.0. The zero-order valence-corrected chi connectivity index (χ0v) is 42.4. The summed E-state index contributed by atoms with van der Waals surface area (Å²) in [7, 11) is -3.62. The topological polar surface area (TPSA) is 81.2 Å². The van der Waals surface area contributed by atoms with Gasteiger partial charge in [-0.2, -0.15) is 0 Å². The number of nitrogens with zero attached hydrogens (tertiary/aromatic N) is 2. The molecule has 0 N–H and O–H groups in total. The van der Waals surface area contributed by atoms with Gasteiger partial charge in [-0.15, -0.1) is 22.7 Å². The summed E-state index contributed by atoms with van der Waals surface area (Å²) in [4.78, 5) is 10.5. The Balaban J connectivity index is 1.86. The van der Waals surface area contributed by atoms with Crippen LogP contribution >= 0.6 is 44.3 Å². The van der Waals surface area contributed by atoms with Crippen molar-refractivity contribution < 1.29 is 26.6 Å². The summed E-state index contributed by atoms with van der Waals surface area (Å²) >= 11 is 3.39. The molecule has 2 unspecified atom stereocenters. The lowest BCUT2D eigenvalue weighted by Crippen LogP contribution is -2.62. The summed E-state index contributed by atoms with van der Waals surface area (Å²) in [5, 5.41) is 1.91. The number of hydrogen-bond acceptors (Lipinski definition) is 12. The van der Waals surface area contributed by atoms with Gasteiger partial charge in [0.1, 0.15) is 10.0 Å². The molecule has 0 saturated heterocycles. The van der Waals surface area contributed by atoms with Crippen LogP contribution in [0.25, 0.3) is 20.4 Å². The molecule has 0 aliphatic heterocycles. The number of thiazole rings is 2. The first-order chi connectivity index (χ1) is 25.4. The van der Waals surface area contributed by atoms with Crippen molar-refractivity contribution in [2.75, 3.05) is 11.5 Å². The van der Waals surface area contributed by atoms with Crippen LogP contribution in [0.1, 0.15) is 146 Å². The van der Waals surface area contributed by atoms with Gasteiger partial charge in [-0.1, -0.05) is 45.9 Å². The highest BCUT2D eigenvalue weighted by Gasteiger charge is 2.60. The monoisotopic (exact) mass is 880 g/mol. The van der Waals surface area contributed by atoms with Crippen molar-refractivity contribution in [3.05, 3.63) is 58.5 Å². The van der Waals surface area contributed by atoms with Crippen molar-refractivity contribution in [1.82, 2.24) is 9.97 Å². The highest BCUT2D eigenvalue weighted by Crippen LogP contribution is 2.48. The van der Waals surface area contributed by atoms with E-state index in [2.05, 4.69) is 161 Å². The van der Waals surface area contributed by atoms with E-state index in [1.165, 1.54) is 0 Å². The minimum Gasteiger partial charge on any atom is -0.368 e. The van der Waals surface area contributed by atoms with E-state index >= 15 is 0 Å². The molecular formula is C42H68N2O6S4Si2. The van der Waals surface area contributed by atoms with E-state index in [4.69, 9.17) is 36.5 Å². The van der Waals surface area contributed by atoms with Crippen LogP contribution in [0, 0.1) is 0 Å². The molecule has 0 bridgehead atoms. The third-order valence-corrected chi connectivity index (χ3v) is 21.1. The molecule has 0 aliphatic carbocycles. The molecule has 0 amide bonds. The standard InChI is InChI=1S/C42H68N2O6S4Si2/c1-37(2,3)45-55(46-38(4,5)6,47-39(7,8)9)33(35-43-29-23-19-21-25-31(29)53-35)27-51-52-28-34(36-44-30-24-20-22-26-32(30)54-36)56(48-40(10,11)12,49-41(13,14)15)50-42(16,17)18/h19-26,33-34H,27-28H2,1-18H3. The molecule has 0 radical (unpaired) electrons. The van der Waals surface area contributed by atoms with E-state index in [0.717, 1.165) is 30.4 Å². The van der Waals surface area contributed by atoms with Gasteiger partial charge in [0.15, 0.2) is 0 Å². The zero-order valence-electron chi connectivity index (χ0n) is 37.2. The van der Waals surface area contributed by atoms with Gasteiger partial charge < -0.3 is 26.6 Å². The van der Waals surface area contributed by atoms with Crippen LogP contribution in [-0.2, 0) is 26.6 Å². The van der Waals surface area contributed by atoms with Crippen molar-refractivity contribution >= 4 is 82.3 Å².